The molecular weight excluding hydrogens is 617 g/mol. The topological polar surface area (TPSA) is 13.1 Å². The van der Waals surface area contributed by atoms with Crippen molar-refractivity contribution in [2.75, 3.05) is 0 Å². The lowest BCUT2D eigenvalue weighted by Crippen LogP contribution is -1.93. The predicted molar refractivity (Wildman–Crippen MR) is 216 cm³/mol. The highest BCUT2D eigenvalue weighted by Crippen LogP contribution is 2.49. The van der Waals surface area contributed by atoms with Gasteiger partial charge in [0.1, 0.15) is 11.2 Å². The molecule has 0 unspecified atom stereocenters. The van der Waals surface area contributed by atoms with E-state index in [0.717, 1.165) is 0 Å². The van der Waals surface area contributed by atoms with Gasteiger partial charge in [0.05, 0.1) is 43.9 Å². The summed E-state index contributed by atoms with van der Waals surface area (Å²) in [6.45, 7) is 0. The summed E-state index contributed by atoms with van der Waals surface area (Å²) in [6.07, 6.45) is 0. The van der Waals surface area contributed by atoms with Gasteiger partial charge in [0, 0.05) is 27.5 Å². The van der Waals surface area contributed by atoms with Crippen LogP contribution < -0.4 is 0 Å². The molecule has 0 fully saturated rings. The van der Waals surface area contributed by atoms with Crippen molar-refractivity contribution < 1.29 is 48.3 Å². The molecule has 0 atom stereocenters. The summed E-state index contributed by atoms with van der Waals surface area (Å²) in [5.74, 6) is 0. The van der Waals surface area contributed by atoms with Crippen LogP contribution in [0.5, 0.6) is 0 Å². The van der Waals surface area contributed by atoms with Crippen molar-refractivity contribution in [3.05, 3.63) is 193 Å². The van der Waals surface area contributed by atoms with E-state index in [4.69, 9.17) is 34.6 Å². The van der Waals surface area contributed by atoms with Crippen LogP contribution >= 0.6 is 0 Å². The van der Waals surface area contributed by atoms with E-state index in [1.807, 2.05) is 0 Å². The molecule has 0 aliphatic rings. The van der Waals surface area contributed by atoms with Gasteiger partial charge in [-0.2, -0.15) is 0 Å². The minimum atomic E-state index is -1.23. The highest BCUT2D eigenvalue weighted by molar-refractivity contribution is 6.25. The van der Waals surface area contributed by atoms with Crippen molar-refractivity contribution in [3.8, 4) is 55.6 Å². The zero-order valence-electron chi connectivity index (χ0n) is 57.4. The van der Waals surface area contributed by atoms with Gasteiger partial charge in [-0.25, -0.2) is 0 Å². The van der Waals surface area contributed by atoms with Gasteiger partial charge in [-0.3, -0.25) is 0 Å². The molecule has 0 saturated heterocycles. The van der Waals surface area contributed by atoms with Gasteiger partial charge in [-0.05, 0) is 66.5 Å². The fourth-order valence-electron chi connectivity index (χ4n) is 5.96. The van der Waals surface area contributed by atoms with Gasteiger partial charge in [-0.15, -0.1) is 0 Å². The third kappa shape index (κ3) is 4.78. The maximum atomic E-state index is 10.1. The first kappa shape index (κ1) is 11.4. The van der Waals surface area contributed by atoms with Crippen LogP contribution in [0.25, 0.3) is 99.1 Å². The van der Waals surface area contributed by atoms with Crippen molar-refractivity contribution in [3.63, 3.8) is 0 Å². The van der Waals surface area contributed by atoms with Gasteiger partial charge in [0.25, 0.3) is 0 Å². The number of rotatable bonds is 5. The molecule has 10 aromatic rings. The van der Waals surface area contributed by atoms with Gasteiger partial charge in [0.15, 0.2) is 0 Å². The minimum absolute atomic E-state index is 0.627. The van der Waals surface area contributed by atoms with E-state index < -0.39 is 292 Å². The van der Waals surface area contributed by atoms with E-state index in [9.17, 15) is 13.7 Å². The number of fused-ring (bicyclic) bond motifs is 5. The molecule has 1 aromatic heterocycles. The van der Waals surface area contributed by atoms with Gasteiger partial charge < -0.3 is 4.42 Å². The maximum Gasteiger partial charge on any atom is 0.143 e. The number of benzene rings is 9. The van der Waals surface area contributed by atoms with E-state index >= 15 is 0 Å². The number of hydrogen-bond donors (Lipinski definition) is 0. The second-order valence-corrected chi connectivity index (χ2v) is 10.8. The first-order valence-corrected chi connectivity index (χ1v) is 14.9. The number of furan rings is 1. The van der Waals surface area contributed by atoms with Gasteiger partial charge in [-0.1, -0.05) is 187 Å². The predicted octanol–water partition coefficient (Wildman–Crippen LogP) is 14.2. The summed E-state index contributed by atoms with van der Waals surface area (Å²) >= 11 is 0. The first-order valence-electron chi connectivity index (χ1n) is 30.9. The van der Waals surface area contributed by atoms with Crippen molar-refractivity contribution in [1.29, 1.82) is 0 Å². The van der Waals surface area contributed by atoms with Crippen LogP contribution in [0, 0.1) is 0 Å². The quantitative estimate of drug-likeness (QED) is 0.165. The summed E-state index contributed by atoms with van der Waals surface area (Å²) in [4.78, 5) is 0. The smallest absolute Gasteiger partial charge is 0.143 e. The fourth-order valence-corrected chi connectivity index (χ4v) is 5.96. The van der Waals surface area contributed by atoms with Crippen molar-refractivity contribution in [2.45, 2.75) is 0 Å². The zero-order valence-corrected chi connectivity index (χ0v) is 25.4. The molecule has 0 bridgehead atoms. The Balaban J connectivity index is 1.58. The highest BCUT2D eigenvalue weighted by atomic mass is 16.3. The van der Waals surface area contributed by atoms with Crippen molar-refractivity contribution in [2.24, 2.45) is 0 Å². The Morgan fingerprint density at radius 1 is 0.275 bits per heavy atom. The first-order chi connectivity index (χ1) is 38.6. The number of para-hydroxylation sites is 2. The van der Waals surface area contributed by atoms with Crippen molar-refractivity contribution in [1.82, 2.24) is 0 Å². The fraction of sp³-hybridized carbons (Fsp3) is 0. The largest absolute Gasteiger partial charge is 0.455 e. The molecule has 0 spiro atoms. The lowest BCUT2D eigenvalue weighted by Gasteiger charge is -2.20. The lowest BCUT2D eigenvalue weighted by molar-refractivity contribution is 0.671. The summed E-state index contributed by atoms with van der Waals surface area (Å²) in [5, 5.41) is -4.94. The van der Waals surface area contributed by atoms with Crippen LogP contribution in [-0.2, 0) is 0 Å². The molecule has 0 radical (unpaired) electrons. The minimum Gasteiger partial charge on any atom is -0.455 e. The van der Waals surface area contributed by atoms with E-state index in [1.165, 1.54) is 0 Å². The Labute approximate surface area is 341 Å². The summed E-state index contributed by atoms with van der Waals surface area (Å²) in [5.41, 5.74) is -10.6. The van der Waals surface area contributed by atoms with Gasteiger partial charge >= 0.3 is 0 Å². The monoisotopic (exact) mass is 680 g/mol. The third-order valence-corrected chi connectivity index (χ3v) is 8.05. The molecule has 1 heterocycles. The standard InChI is InChI=1S/C50H32O/c1-4-16-33(17-5-1)36-30-31-37(34-18-6-2-7-19-34)46(32-36)48-41-24-12-10-22-39(41)47(40-23-11-13-25-42(40)48)45-29-15-28-44-43-27-14-26-38(49(43)51-50(44)45)35-20-8-3-9-21-35/h1-32H/i1D,2D,3D,4D,5D,6D,7D,8D,9D,10D,11D,12D,13D,14D,15D,16D,17D,18D,19D,20D,21D,22D,23D,24D,25D,26D,27D,28D,29D,30D,31D,32D. The second-order valence-electron chi connectivity index (χ2n) is 10.8. The lowest BCUT2D eigenvalue weighted by atomic mass is 9.82. The Morgan fingerprint density at radius 3 is 1.24 bits per heavy atom. The van der Waals surface area contributed by atoms with E-state index in [0.29, 0.717) is 0 Å². The van der Waals surface area contributed by atoms with Crippen LogP contribution in [0.4, 0.5) is 0 Å². The molecule has 51 heavy (non-hydrogen) atoms. The van der Waals surface area contributed by atoms with Crippen LogP contribution in [0.2, 0.25) is 0 Å². The normalized spacial score (nSPS) is 20.3. The molecule has 1 heteroatoms. The van der Waals surface area contributed by atoms with Crippen molar-refractivity contribution >= 4 is 43.5 Å². The Hall–Kier alpha value is -6.70. The average molecular weight is 681 g/mol. The molecule has 10 rings (SSSR count). The van der Waals surface area contributed by atoms with E-state index in [1.54, 1.807) is 0 Å². The summed E-state index contributed by atoms with van der Waals surface area (Å²) in [7, 11) is 0. The molecule has 0 aliphatic heterocycles. The molecule has 0 saturated carbocycles. The maximum absolute atomic E-state index is 10.1. The molecule has 1 nitrogen and oxygen atoms in total. The Morgan fingerprint density at radius 2 is 0.686 bits per heavy atom. The van der Waals surface area contributed by atoms with Crippen LogP contribution in [0.3, 0.4) is 0 Å². The molecule has 0 amide bonds. The molecule has 238 valence electrons. The second kappa shape index (κ2) is 12.0. The summed E-state index contributed by atoms with van der Waals surface area (Å²) < 4.78 is 296. The zero-order chi connectivity index (χ0) is 61.6. The van der Waals surface area contributed by atoms with Gasteiger partial charge in [0.2, 0.25) is 0 Å². The summed E-state index contributed by atoms with van der Waals surface area (Å²) in [6, 6.07) is -33.6. The molecule has 0 aliphatic carbocycles. The molecular formula is C50H32O. The average Bonchev–Trinajstić information content (AvgIpc) is 3.84. The van der Waals surface area contributed by atoms with E-state index in [-0.39, 0.29) is 0 Å². The van der Waals surface area contributed by atoms with Crippen LogP contribution in [-0.4, -0.2) is 0 Å². The molecule has 0 N–H and O–H groups in total. The Kier molecular flexibility index (Phi) is 2.69. The third-order valence-electron chi connectivity index (χ3n) is 8.05. The highest BCUT2D eigenvalue weighted by Gasteiger charge is 2.22. The Bertz CT molecular complexity index is 4580. The van der Waals surface area contributed by atoms with Crippen LogP contribution in [0.1, 0.15) is 43.9 Å². The molecule has 9 aromatic carbocycles. The van der Waals surface area contributed by atoms with Crippen LogP contribution in [0.15, 0.2) is 198 Å². The number of hydrogen-bond acceptors (Lipinski definition) is 1. The SMILES string of the molecule is [2H]c1c([2H])c([2H])c(-c2c([2H])c([2H])c(-c3c([2H])c([2H])c([2H])c([2H])c3[2H])c(-c3c4c([2H])c([2H])c([2H])c([2H])c4c(-c4c([2H])c([2H])c([2H])c5c4oc4c(-c6c([2H])c([2H])c([2H])c([2H])c6[2H])c([2H])c([2H])c([2H])c45)c4c([2H])c([2H])c([2H])c([2H])c34)c2[2H])c([2H])c1[2H]. The van der Waals surface area contributed by atoms with E-state index in [2.05, 4.69) is 0 Å².